The Balaban J connectivity index is 3.40. The molecular formula is C8H12O5. The number of carbonyl (C=O) groups is 3. The molecule has 0 atom stereocenters. The SMILES string of the molecule is COC(=O)CCC(=O)OCCC=O. The molecule has 0 aliphatic heterocycles. The smallest absolute Gasteiger partial charge is 0.306 e. The average Bonchev–Trinajstić information content (AvgIpc) is 2.14. The van der Waals surface area contributed by atoms with Crippen LogP contribution in [0.15, 0.2) is 0 Å². The lowest BCUT2D eigenvalue weighted by atomic mass is 10.3. The number of methoxy groups -OCH3 is 1. The summed E-state index contributed by atoms with van der Waals surface area (Å²) in [4.78, 5) is 31.2. The van der Waals surface area contributed by atoms with E-state index in [0.717, 1.165) is 0 Å². The van der Waals surface area contributed by atoms with Crippen LogP contribution in [0, 0.1) is 0 Å². The Labute approximate surface area is 76.0 Å². The third kappa shape index (κ3) is 6.99. The molecule has 0 saturated carbocycles. The minimum Gasteiger partial charge on any atom is -0.469 e. The van der Waals surface area contributed by atoms with E-state index in [1.807, 2.05) is 0 Å². The van der Waals surface area contributed by atoms with Gasteiger partial charge in [0.25, 0.3) is 0 Å². The van der Waals surface area contributed by atoms with E-state index in [9.17, 15) is 14.4 Å². The predicted octanol–water partition coefficient (Wildman–Crippen LogP) is 0.0718. The summed E-state index contributed by atoms with van der Waals surface area (Å²) >= 11 is 0. The van der Waals surface area contributed by atoms with Crippen LogP contribution in [-0.4, -0.2) is 31.9 Å². The van der Waals surface area contributed by atoms with Crippen LogP contribution in [0.2, 0.25) is 0 Å². The highest BCUT2D eigenvalue weighted by atomic mass is 16.5. The van der Waals surface area contributed by atoms with Gasteiger partial charge >= 0.3 is 11.9 Å². The van der Waals surface area contributed by atoms with Crippen molar-refractivity contribution in [3.05, 3.63) is 0 Å². The van der Waals surface area contributed by atoms with E-state index in [2.05, 4.69) is 9.47 Å². The number of ether oxygens (including phenoxy) is 2. The molecule has 0 spiro atoms. The molecule has 0 aromatic heterocycles. The van der Waals surface area contributed by atoms with Crippen molar-refractivity contribution in [3.63, 3.8) is 0 Å². The van der Waals surface area contributed by atoms with E-state index in [-0.39, 0.29) is 25.9 Å². The molecule has 0 N–H and O–H groups in total. The van der Waals surface area contributed by atoms with Crippen molar-refractivity contribution >= 4 is 18.2 Å². The molecule has 0 radical (unpaired) electrons. The Hall–Kier alpha value is -1.39. The molecule has 0 unspecified atom stereocenters. The zero-order valence-corrected chi connectivity index (χ0v) is 7.45. The molecule has 0 rings (SSSR count). The minimum absolute atomic E-state index is 0.00840. The molecular weight excluding hydrogens is 176 g/mol. The predicted molar refractivity (Wildman–Crippen MR) is 42.9 cm³/mol. The summed E-state index contributed by atoms with van der Waals surface area (Å²) in [5.41, 5.74) is 0. The summed E-state index contributed by atoms with van der Waals surface area (Å²) in [5, 5.41) is 0. The second kappa shape index (κ2) is 7.27. The second-order valence-corrected chi connectivity index (χ2v) is 2.25. The fraction of sp³-hybridized carbons (Fsp3) is 0.625. The quantitative estimate of drug-likeness (QED) is 0.335. The van der Waals surface area contributed by atoms with Crippen molar-refractivity contribution in [3.8, 4) is 0 Å². The molecule has 0 aliphatic carbocycles. The first-order valence-corrected chi connectivity index (χ1v) is 3.86. The fourth-order valence-corrected chi connectivity index (χ4v) is 0.599. The van der Waals surface area contributed by atoms with Crippen LogP contribution in [0.3, 0.4) is 0 Å². The standard InChI is InChI=1S/C8H12O5/c1-12-7(10)3-4-8(11)13-6-2-5-9/h5H,2-4,6H2,1H3. The van der Waals surface area contributed by atoms with Gasteiger partial charge in [0.05, 0.1) is 26.6 Å². The van der Waals surface area contributed by atoms with Crippen LogP contribution in [0.25, 0.3) is 0 Å². The second-order valence-electron chi connectivity index (χ2n) is 2.25. The zero-order valence-electron chi connectivity index (χ0n) is 7.45. The topological polar surface area (TPSA) is 69.7 Å². The molecule has 74 valence electrons. The summed E-state index contributed by atoms with van der Waals surface area (Å²) < 4.78 is 8.92. The zero-order chi connectivity index (χ0) is 10.1. The lowest BCUT2D eigenvalue weighted by Gasteiger charge is -2.01. The van der Waals surface area contributed by atoms with Crippen LogP contribution in [0.4, 0.5) is 0 Å². The Bertz CT molecular complexity index is 187. The number of hydrogen-bond acceptors (Lipinski definition) is 5. The molecule has 0 saturated heterocycles. The summed E-state index contributed by atoms with van der Waals surface area (Å²) in [5.74, 6) is -0.945. The van der Waals surface area contributed by atoms with Gasteiger partial charge in [0, 0.05) is 6.42 Å². The maximum Gasteiger partial charge on any atom is 0.306 e. The maximum atomic E-state index is 10.8. The number of aldehydes is 1. The summed E-state index contributed by atoms with van der Waals surface area (Å²) in [6.45, 7) is 0.0729. The largest absolute Gasteiger partial charge is 0.469 e. The van der Waals surface area contributed by atoms with Gasteiger partial charge in [-0.2, -0.15) is 0 Å². The highest BCUT2D eigenvalue weighted by Gasteiger charge is 2.06. The number of esters is 2. The first-order valence-electron chi connectivity index (χ1n) is 3.86. The van der Waals surface area contributed by atoms with Crippen molar-refractivity contribution in [1.29, 1.82) is 0 Å². The van der Waals surface area contributed by atoms with Gasteiger partial charge in [-0.1, -0.05) is 0 Å². The van der Waals surface area contributed by atoms with E-state index in [4.69, 9.17) is 0 Å². The van der Waals surface area contributed by atoms with E-state index in [1.54, 1.807) is 0 Å². The van der Waals surface area contributed by atoms with Gasteiger partial charge in [0.2, 0.25) is 0 Å². The molecule has 0 aromatic rings. The molecule has 5 nitrogen and oxygen atoms in total. The number of carbonyl (C=O) groups excluding carboxylic acids is 3. The van der Waals surface area contributed by atoms with Gasteiger partial charge in [-0.3, -0.25) is 9.59 Å². The number of hydrogen-bond donors (Lipinski definition) is 0. The molecule has 5 heteroatoms. The fourth-order valence-electron chi connectivity index (χ4n) is 0.599. The van der Waals surface area contributed by atoms with E-state index < -0.39 is 11.9 Å². The van der Waals surface area contributed by atoms with Crippen LogP contribution < -0.4 is 0 Å². The van der Waals surface area contributed by atoms with Gasteiger partial charge < -0.3 is 14.3 Å². The van der Waals surface area contributed by atoms with Crippen LogP contribution in [0.5, 0.6) is 0 Å². The summed E-state index contributed by atoms with van der Waals surface area (Å²) in [6, 6.07) is 0. The van der Waals surface area contributed by atoms with Gasteiger partial charge in [-0.15, -0.1) is 0 Å². The highest BCUT2D eigenvalue weighted by molar-refractivity contribution is 5.77. The lowest BCUT2D eigenvalue weighted by molar-refractivity contribution is -0.149. The van der Waals surface area contributed by atoms with Crippen molar-refractivity contribution in [2.24, 2.45) is 0 Å². The van der Waals surface area contributed by atoms with Crippen molar-refractivity contribution < 1.29 is 23.9 Å². The van der Waals surface area contributed by atoms with E-state index in [0.29, 0.717) is 6.29 Å². The third-order valence-electron chi connectivity index (χ3n) is 1.26. The number of rotatable bonds is 6. The van der Waals surface area contributed by atoms with Crippen LogP contribution >= 0.6 is 0 Å². The highest BCUT2D eigenvalue weighted by Crippen LogP contribution is 1.95. The minimum atomic E-state index is -0.493. The molecule has 0 aromatic carbocycles. The molecule has 0 fully saturated rings. The Morgan fingerprint density at radius 2 is 1.85 bits per heavy atom. The van der Waals surface area contributed by atoms with Crippen LogP contribution in [-0.2, 0) is 23.9 Å². The average molecular weight is 188 g/mol. The van der Waals surface area contributed by atoms with Crippen molar-refractivity contribution in [1.82, 2.24) is 0 Å². The Morgan fingerprint density at radius 3 is 2.38 bits per heavy atom. The van der Waals surface area contributed by atoms with Gasteiger partial charge in [0.1, 0.15) is 6.29 Å². The van der Waals surface area contributed by atoms with Gasteiger partial charge in [-0.25, -0.2) is 0 Å². The van der Waals surface area contributed by atoms with Gasteiger partial charge in [-0.05, 0) is 0 Å². The Morgan fingerprint density at radius 1 is 1.23 bits per heavy atom. The molecule has 0 bridgehead atoms. The molecule has 0 amide bonds. The first kappa shape index (κ1) is 11.6. The molecule has 0 aliphatic rings. The van der Waals surface area contributed by atoms with Crippen molar-refractivity contribution in [2.75, 3.05) is 13.7 Å². The summed E-state index contributed by atoms with van der Waals surface area (Å²) in [7, 11) is 1.25. The molecule has 13 heavy (non-hydrogen) atoms. The maximum absolute atomic E-state index is 10.8. The first-order chi connectivity index (χ1) is 6.20. The molecule has 0 heterocycles. The lowest BCUT2D eigenvalue weighted by Crippen LogP contribution is -2.09. The van der Waals surface area contributed by atoms with Gasteiger partial charge in [0.15, 0.2) is 0 Å². The van der Waals surface area contributed by atoms with Crippen molar-refractivity contribution in [2.45, 2.75) is 19.3 Å². The van der Waals surface area contributed by atoms with E-state index in [1.165, 1.54) is 7.11 Å². The monoisotopic (exact) mass is 188 g/mol. The van der Waals surface area contributed by atoms with E-state index >= 15 is 0 Å². The summed E-state index contributed by atoms with van der Waals surface area (Å²) in [6.07, 6.45) is 0.847. The Kier molecular flexibility index (Phi) is 6.49. The van der Waals surface area contributed by atoms with Crippen LogP contribution in [0.1, 0.15) is 19.3 Å². The normalized spacial score (nSPS) is 9.00. The third-order valence-corrected chi connectivity index (χ3v) is 1.26.